The molecule has 5 heteroatoms. The zero-order valence-corrected chi connectivity index (χ0v) is 13.1. The molecule has 0 saturated carbocycles. The smallest absolute Gasteiger partial charge is 0.319 e. The maximum absolute atomic E-state index is 11.6. The Morgan fingerprint density at radius 2 is 1.86 bits per heavy atom. The zero-order chi connectivity index (χ0) is 15.7. The summed E-state index contributed by atoms with van der Waals surface area (Å²) in [6.07, 6.45) is 1.15. The Hall–Kier alpha value is -1.75. The molecule has 0 aliphatic rings. The minimum Gasteiger partial charge on any atom is -0.494 e. The van der Waals surface area contributed by atoms with Gasteiger partial charge in [-0.25, -0.2) is 4.79 Å². The number of urea groups is 1. The Bertz CT molecular complexity index is 416. The van der Waals surface area contributed by atoms with Gasteiger partial charge in [0.2, 0.25) is 0 Å². The van der Waals surface area contributed by atoms with Crippen molar-refractivity contribution in [2.45, 2.75) is 39.7 Å². The number of aliphatic hydroxyl groups is 1. The first-order valence-corrected chi connectivity index (χ1v) is 7.43. The number of carbonyl (C=O) groups is 1. The molecule has 1 atom stereocenters. The summed E-state index contributed by atoms with van der Waals surface area (Å²) in [5.41, 5.74) is 0.709. The Labute approximate surface area is 126 Å². The van der Waals surface area contributed by atoms with Crippen LogP contribution in [0.15, 0.2) is 24.3 Å². The molecule has 2 amide bonds. The van der Waals surface area contributed by atoms with Crippen LogP contribution in [0.25, 0.3) is 0 Å². The van der Waals surface area contributed by atoms with E-state index < -0.39 is 6.10 Å². The maximum Gasteiger partial charge on any atom is 0.319 e. The monoisotopic (exact) mass is 294 g/mol. The molecule has 0 fully saturated rings. The fourth-order valence-electron chi connectivity index (χ4n) is 1.62. The lowest BCUT2D eigenvalue weighted by molar-refractivity contribution is 0.184. The lowest BCUT2D eigenvalue weighted by atomic mass is 10.1. The van der Waals surface area contributed by atoms with Crippen molar-refractivity contribution < 1.29 is 14.6 Å². The molecule has 1 aromatic carbocycles. The molecule has 0 bridgehead atoms. The van der Waals surface area contributed by atoms with Gasteiger partial charge in [-0.05, 0) is 49.9 Å². The molecule has 3 N–H and O–H groups in total. The van der Waals surface area contributed by atoms with Crippen molar-refractivity contribution in [1.29, 1.82) is 0 Å². The fraction of sp³-hybridized carbons (Fsp3) is 0.562. The van der Waals surface area contributed by atoms with Gasteiger partial charge in [0.05, 0.1) is 12.7 Å². The van der Waals surface area contributed by atoms with E-state index in [9.17, 15) is 4.79 Å². The topological polar surface area (TPSA) is 70.6 Å². The van der Waals surface area contributed by atoms with E-state index in [1.165, 1.54) is 0 Å². The quantitative estimate of drug-likeness (QED) is 0.690. The lowest BCUT2D eigenvalue weighted by Gasteiger charge is -2.10. The van der Waals surface area contributed by atoms with Crippen molar-refractivity contribution in [1.82, 2.24) is 5.32 Å². The molecule has 0 aromatic heterocycles. The average molecular weight is 294 g/mol. The van der Waals surface area contributed by atoms with E-state index in [1.54, 1.807) is 19.1 Å². The van der Waals surface area contributed by atoms with Crippen molar-refractivity contribution in [2.24, 2.45) is 5.92 Å². The van der Waals surface area contributed by atoms with E-state index in [4.69, 9.17) is 9.84 Å². The molecule has 0 radical (unpaired) electrons. The van der Waals surface area contributed by atoms with Crippen LogP contribution in [0.4, 0.5) is 10.5 Å². The predicted molar refractivity (Wildman–Crippen MR) is 84.7 cm³/mol. The normalized spacial score (nSPS) is 12.0. The highest BCUT2D eigenvalue weighted by molar-refractivity contribution is 5.89. The van der Waals surface area contributed by atoms with Gasteiger partial charge in [-0.3, -0.25) is 0 Å². The fourth-order valence-corrected chi connectivity index (χ4v) is 1.62. The number of aliphatic hydroxyl groups excluding tert-OH is 1. The highest BCUT2D eigenvalue weighted by Crippen LogP contribution is 2.16. The number of carbonyl (C=O) groups excluding carboxylic acids is 1. The van der Waals surface area contributed by atoms with Gasteiger partial charge >= 0.3 is 6.03 Å². The second kappa shape index (κ2) is 9.23. The minimum atomic E-state index is -0.410. The van der Waals surface area contributed by atoms with Crippen LogP contribution in [-0.2, 0) is 0 Å². The molecule has 0 aliphatic carbocycles. The lowest BCUT2D eigenvalue weighted by Crippen LogP contribution is -2.30. The molecule has 21 heavy (non-hydrogen) atoms. The first-order chi connectivity index (χ1) is 9.97. The molecule has 0 heterocycles. The van der Waals surface area contributed by atoms with E-state index in [2.05, 4.69) is 24.5 Å². The van der Waals surface area contributed by atoms with Crippen molar-refractivity contribution in [3.8, 4) is 5.75 Å². The summed E-state index contributed by atoms with van der Waals surface area (Å²) >= 11 is 0. The summed E-state index contributed by atoms with van der Waals surface area (Å²) in [5.74, 6) is 1.42. The standard InChI is InChI=1S/C16H26N2O3/c1-12(2)9-11-21-15-6-4-14(5-7-15)18-16(20)17-10-8-13(3)19/h4-7,12-13,19H,8-11H2,1-3H3,(H2,17,18,20). The summed E-state index contributed by atoms with van der Waals surface area (Å²) in [7, 11) is 0. The number of nitrogens with one attached hydrogen (secondary N) is 2. The SMILES string of the molecule is CC(C)CCOc1ccc(NC(=O)NCCC(C)O)cc1. The molecule has 1 aromatic rings. The van der Waals surface area contributed by atoms with Gasteiger partial charge in [0.25, 0.3) is 0 Å². The molecule has 1 rings (SSSR count). The van der Waals surface area contributed by atoms with Gasteiger partial charge in [-0.2, -0.15) is 0 Å². The van der Waals surface area contributed by atoms with Crippen LogP contribution >= 0.6 is 0 Å². The molecule has 5 nitrogen and oxygen atoms in total. The van der Waals surface area contributed by atoms with E-state index in [-0.39, 0.29) is 6.03 Å². The molecule has 118 valence electrons. The van der Waals surface area contributed by atoms with Crippen molar-refractivity contribution in [3.05, 3.63) is 24.3 Å². The van der Waals surface area contributed by atoms with Gasteiger partial charge in [-0.1, -0.05) is 13.8 Å². The van der Waals surface area contributed by atoms with Gasteiger partial charge in [-0.15, -0.1) is 0 Å². The zero-order valence-electron chi connectivity index (χ0n) is 13.1. The van der Waals surface area contributed by atoms with Crippen molar-refractivity contribution >= 4 is 11.7 Å². The van der Waals surface area contributed by atoms with E-state index in [0.717, 1.165) is 12.2 Å². The summed E-state index contributed by atoms with van der Waals surface area (Å²) in [6, 6.07) is 7.01. The first-order valence-electron chi connectivity index (χ1n) is 7.43. The van der Waals surface area contributed by atoms with E-state index in [0.29, 0.717) is 31.2 Å². The molecule has 0 aliphatic heterocycles. The minimum absolute atomic E-state index is 0.274. The first kappa shape index (κ1) is 17.3. The summed E-state index contributed by atoms with van der Waals surface area (Å²) in [6.45, 7) is 7.15. The van der Waals surface area contributed by atoms with Crippen LogP contribution in [0.3, 0.4) is 0 Å². The average Bonchev–Trinajstić information content (AvgIpc) is 2.40. The maximum atomic E-state index is 11.6. The van der Waals surface area contributed by atoms with Crippen LogP contribution in [0.2, 0.25) is 0 Å². The number of anilines is 1. The number of amides is 2. The Morgan fingerprint density at radius 1 is 1.19 bits per heavy atom. The van der Waals surface area contributed by atoms with Crippen LogP contribution in [0, 0.1) is 5.92 Å². The third-order valence-electron chi connectivity index (χ3n) is 2.92. The summed E-state index contributed by atoms with van der Waals surface area (Å²) < 4.78 is 5.61. The van der Waals surface area contributed by atoms with Gasteiger partial charge in [0, 0.05) is 12.2 Å². The van der Waals surface area contributed by atoms with Crippen LogP contribution < -0.4 is 15.4 Å². The van der Waals surface area contributed by atoms with Crippen LogP contribution in [0.1, 0.15) is 33.6 Å². The second-order valence-electron chi connectivity index (χ2n) is 5.57. The Morgan fingerprint density at radius 3 is 2.43 bits per heavy atom. The van der Waals surface area contributed by atoms with Crippen LogP contribution in [0.5, 0.6) is 5.75 Å². The van der Waals surface area contributed by atoms with Crippen molar-refractivity contribution in [2.75, 3.05) is 18.5 Å². The van der Waals surface area contributed by atoms with E-state index >= 15 is 0 Å². The Balaban J connectivity index is 2.31. The van der Waals surface area contributed by atoms with E-state index in [1.807, 2.05) is 12.1 Å². The number of ether oxygens (including phenoxy) is 1. The number of benzene rings is 1. The molecular formula is C16H26N2O3. The summed E-state index contributed by atoms with van der Waals surface area (Å²) in [5, 5.41) is 14.5. The largest absolute Gasteiger partial charge is 0.494 e. The van der Waals surface area contributed by atoms with Crippen molar-refractivity contribution in [3.63, 3.8) is 0 Å². The Kier molecular flexibility index (Phi) is 7.61. The number of hydrogen-bond donors (Lipinski definition) is 3. The summed E-state index contributed by atoms with van der Waals surface area (Å²) in [4.78, 5) is 11.6. The highest BCUT2D eigenvalue weighted by Gasteiger charge is 2.03. The molecule has 1 unspecified atom stereocenters. The molecule has 0 spiro atoms. The number of rotatable bonds is 8. The molecule has 0 saturated heterocycles. The van der Waals surface area contributed by atoms with Gasteiger partial charge < -0.3 is 20.5 Å². The third-order valence-corrected chi connectivity index (χ3v) is 2.92. The number of hydrogen-bond acceptors (Lipinski definition) is 3. The highest BCUT2D eigenvalue weighted by atomic mass is 16.5. The van der Waals surface area contributed by atoms with Gasteiger partial charge in [0.15, 0.2) is 0 Å². The third kappa shape index (κ3) is 8.19. The predicted octanol–water partition coefficient (Wildman–Crippen LogP) is 3.00. The van der Waals surface area contributed by atoms with Gasteiger partial charge in [0.1, 0.15) is 5.75 Å². The molecular weight excluding hydrogens is 268 g/mol. The van der Waals surface area contributed by atoms with Crippen LogP contribution in [-0.4, -0.2) is 30.4 Å². The second-order valence-corrected chi connectivity index (χ2v) is 5.57.